The molecule has 3 atom stereocenters. The molecule has 14 heavy (non-hydrogen) atoms. The highest BCUT2D eigenvalue weighted by Crippen LogP contribution is 2.33. The van der Waals surface area contributed by atoms with Gasteiger partial charge in [0, 0.05) is 0 Å². The van der Waals surface area contributed by atoms with Crippen LogP contribution in [0.4, 0.5) is 0 Å². The van der Waals surface area contributed by atoms with Gasteiger partial charge in [-0.15, -0.1) is 0 Å². The van der Waals surface area contributed by atoms with E-state index < -0.39 is 0 Å². The number of hydrogen-bond donors (Lipinski definition) is 1. The third kappa shape index (κ3) is 4.97. The molecule has 84 valence electrons. The van der Waals surface area contributed by atoms with Crippen LogP contribution in [0.5, 0.6) is 0 Å². The average molecular weight is 221 g/mol. The second kappa shape index (κ2) is 7.24. The molecule has 0 saturated heterocycles. The van der Waals surface area contributed by atoms with Crippen molar-refractivity contribution in [2.45, 2.75) is 46.1 Å². The van der Waals surface area contributed by atoms with Gasteiger partial charge in [-0.25, -0.2) is 0 Å². The van der Waals surface area contributed by atoms with Crippen LogP contribution in [0.3, 0.4) is 0 Å². The van der Waals surface area contributed by atoms with Gasteiger partial charge in [-0.05, 0) is 42.2 Å². The van der Waals surface area contributed by atoms with E-state index in [1.807, 2.05) is 0 Å². The summed E-state index contributed by atoms with van der Waals surface area (Å²) in [6, 6.07) is 0. The van der Waals surface area contributed by atoms with Gasteiger partial charge in [-0.3, -0.25) is 4.79 Å². The van der Waals surface area contributed by atoms with Crippen molar-refractivity contribution in [3.8, 4) is 0 Å². The SMILES string of the molecule is CC1CCC(C(C)C)C(O)C1.O=CCl. The maximum Gasteiger partial charge on any atom is 0.208 e. The zero-order valence-electron chi connectivity index (χ0n) is 9.24. The van der Waals surface area contributed by atoms with Crippen LogP contribution in [-0.4, -0.2) is 17.0 Å². The van der Waals surface area contributed by atoms with E-state index in [-0.39, 0.29) is 11.8 Å². The average Bonchev–Trinajstić information content (AvgIpc) is 2.04. The van der Waals surface area contributed by atoms with Crippen LogP contribution in [0.1, 0.15) is 40.0 Å². The van der Waals surface area contributed by atoms with Crippen molar-refractivity contribution < 1.29 is 9.90 Å². The zero-order valence-corrected chi connectivity index (χ0v) is 10.00. The van der Waals surface area contributed by atoms with Crippen LogP contribution in [0.2, 0.25) is 0 Å². The van der Waals surface area contributed by atoms with Gasteiger partial charge in [0.25, 0.3) is 0 Å². The lowest BCUT2D eigenvalue weighted by atomic mass is 9.75. The smallest absolute Gasteiger partial charge is 0.208 e. The molecule has 0 bridgehead atoms. The molecule has 0 heterocycles. The van der Waals surface area contributed by atoms with E-state index in [0.29, 0.717) is 11.8 Å². The Kier molecular flexibility index (Phi) is 7.20. The molecule has 0 aromatic heterocycles. The fraction of sp³-hybridized carbons (Fsp3) is 0.909. The quantitative estimate of drug-likeness (QED) is 0.545. The molecule has 0 aromatic carbocycles. The van der Waals surface area contributed by atoms with Gasteiger partial charge in [-0.2, -0.15) is 0 Å². The number of hydrogen-bond acceptors (Lipinski definition) is 2. The summed E-state index contributed by atoms with van der Waals surface area (Å²) in [6.45, 7) is 6.66. The lowest BCUT2D eigenvalue weighted by Gasteiger charge is -2.33. The molecular formula is C11H21ClO2. The molecule has 1 aliphatic rings. The maximum absolute atomic E-state index is 9.71. The van der Waals surface area contributed by atoms with Gasteiger partial charge in [-0.1, -0.05) is 27.2 Å². The highest BCUT2D eigenvalue weighted by molar-refractivity contribution is 6.54. The molecule has 3 heteroatoms. The van der Waals surface area contributed by atoms with Crippen LogP contribution in [0, 0.1) is 17.8 Å². The predicted octanol–water partition coefficient (Wildman–Crippen LogP) is 2.85. The molecule has 1 fully saturated rings. The first kappa shape index (κ1) is 13.9. The normalized spacial score (nSPS) is 32.0. The lowest BCUT2D eigenvalue weighted by molar-refractivity contribution is 0.0266. The van der Waals surface area contributed by atoms with Crippen molar-refractivity contribution in [2.24, 2.45) is 17.8 Å². The predicted molar refractivity (Wildman–Crippen MR) is 60.0 cm³/mol. The minimum absolute atomic E-state index is 0.0289. The fourth-order valence-electron chi connectivity index (χ4n) is 2.15. The molecule has 3 unspecified atom stereocenters. The van der Waals surface area contributed by atoms with Gasteiger partial charge in [0.2, 0.25) is 5.75 Å². The first-order valence-corrected chi connectivity index (χ1v) is 5.68. The Morgan fingerprint density at radius 1 is 1.43 bits per heavy atom. The number of halogens is 1. The largest absolute Gasteiger partial charge is 0.393 e. The fourth-order valence-corrected chi connectivity index (χ4v) is 2.15. The number of carbonyl (C=O) groups is 1. The van der Waals surface area contributed by atoms with Crippen LogP contribution >= 0.6 is 11.6 Å². The maximum atomic E-state index is 9.71. The minimum Gasteiger partial charge on any atom is -0.393 e. The molecule has 0 radical (unpaired) electrons. The van der Waals surface area contributed by atoms with E-state index in [1.165, 1.54) is 12.8 Å². The Balaban J connectivity index is 0.000000500. The van der Waals surface area contributed by atoms with Gasteiger partial charge in [0.05, 0.1) is 6.10 Å². The summed E-state index contributed by atoms with van der Waals surface area (Å²) >= 11 is 4.32. The summed E-state index contributed by atoms with van der Waals surface area (Å²) in [6.07, 6.45) is 3.52. The summed E-state index contributed by atoms with van der Waals surface area (Å²) in [4.78, 5) is 8.57. The second-order valence-electron chi connectivity index (χ2n) is 4.48. The van der Waals surface area contributed by atoms with Crippen molar-refractivity contribution in [3.05, 3.63) is 0 Å². The molecular weight excluding hydrogens is 200 g/mol. The molecule has 0 aromatic rings. The Morgan fingerprint density at radius 3 is 2.29 bits per heavy atom. The van der Waals surface area contributed by atoms with E-state index in [4.69, 9.17) is 4.79 Å². The Bertz CT molecular complexity index is 159. The topological polar surface area (TPSA) is 37.3 Å². The van der Waals surface area contributed by atoms with E-state index >= 15 is 0 Å². The summed E-state index contributed by atoms with van der Waals surface area (Å²) in [5.41, 5.74) is 0. The Hall–Kier alpha value is -0.0800. The molecule has 1 saturated carbocycles. The monoisotopic (exact) mass is 220 g/mol. The van der Waals surface area contributed by atoms with Gasteiger partial charge >= 0.3 is 0 Å². The van der Waals surface area contributed by atoms with Crippen molar-refractivity contribution in [1.29, 1.82) is 0 Å². The number of rotatable bonds is 1. The van der Waals surface area contributed by atoms with Gasteiger partial charge < -0.3 is 5.11 Å². The van der Waals surface area contributed by atoms with Crippen molar-refractivity contribution in [2.75, 3.05) is 0 Å². The summed E-state index contributed by atoms with van der Waals surface area (Å²) in [5, 5.41) is 9.71. The van der Waals surface area contributed by atoms with Crippen LogP contribution < -0.4 is 0 Å². The number of carbonyl (C=O) groups excluding carboxylic acids is 1. The zero-order chi connectivity index (χ0) is 11.1. The third-order valence-corrected chi connectivity index (χ3v) is 2.99. The molecule has 0 aliphatic heterocycles. The van der Waals surface area contributed by atoms with E-state index in [2.05, 4.69) is 32.4 Å². The lowest BCUT2D eigenvalue weighted by Crippen LogP contribution is -2.31. The highest BCUT2D eigenvalue weighted by Gasteiger charge is 2.28. The Labute approximate surface area is 91.6 Å². The van der Waals surface area contributed by atoms with Crippen molar-refractivity contribution in [1.82, 2.24) is 0 Å². The first-order chi connectivity index (χ1) is 6.52. The number of aliphatic hydroxyl groups is 1. The van der Waals surface area contributed by atoms with Crippen LogP contribution in [-0.2, 0) is 4.79 Å². The molecule has 1 N–H and O–H groups in total. The summed E-state index contributed by atoms with van der Waals surface area (Å²) in [5.74, 6) is 2.17. The third-order valence-electron chi connectivity index (χ3n) is 2.99. The Morgan fingerprint density at radius 2 is 1.93 bits per heavy atom. The minimum atomic E-state index is -0.0289. The van der Waals surface area contributed by atoms with Crippen LogP contribution in [0.25, 0.3) is 0 Å². The molecule has 0 spiro atoms. The van der Waals surface area contributed by atoms with E-state index in [0.717, 1.165) is 12.3 Å². The highest BCUT2D eigenvalue weighted by atomic mass is 35.5. The molecule has 1 rings (SSSR count). The van der Waals surface area contributed by atoms with Crippen molar-refractivity contribution in [3.63, 3.8) is 0 Å². The molecule has 2 nitrogen and oxygen atoms in total. The summed E-state index contributed by atoms with van der Waals surface area (Å²) < 4.78 is 0. The second-order valence-corrected chi connectivity index (χ2v) is 4.66. The van der Waals surface area contributed by atoms with Gasteiger partial charge in [0.15, 0.2) is 0 Å². The van der Waals surface area contributed by atoms with Crippen molar-refractivity contribution >= 4 is 17.3 Å². The van der Waals surface area contributed by atoms with Crippen LogP contribution in [0.15, 0.2) is 0 Å². The van der Waals surface area contributed by atoms with Gasteiger partial charge in [0.1, 0.15) is 0 Å². The van der Waals surface area contributed by atoms with E-state index in [1.54, 1.807) is 0 Å². The molecule has 0 amide bonds. The number of aliphatic hydroxyl groups excluding tert-OH is 1. The molecule has 1 aliphatic carbocycles. The van der Waals surface area contributed by atoms with E-state index in [9.17, 15) is 5.11 Å². The standard InChI is InChI=1S/C10H20O.CHClO/c1-7(2)9-5-4-8(3)6-10(9)11;2-1-3/h7-11H,4-6H2,1-3H3;1H. The summed E-state index contributed by atoms with van der Waals surface area (Å²) in [7, 11) is 0. The first-order valence-electron chi connectivity index (χ1n) is 5.24.